The molecule has 0 aliphatic carbocycles. The largest absolute Gasteiger partial charge is 0.299 e. The number of rotatable bonds is 7. The Morgan fingerprint density at radius 2 is 1.96 bits per heavy atom. The minimum atomic E-state index is 0.420. The molecule has 1 aromatic carbocycles. The molecule has 2 rings (SSSR count). The third kappa shape index (κ3) is 5.13. The second-order valence-electron chi connectivity index (χ2n) is 7.28. The van der Waals surface area contributed by atoms with E-state index in [1.165, 1.54) is 22.3 Å². The van der Waals surface area contributed by atoms with Crippen LogP contribution in [0.1, 0.15) is 49.3 Å². The molecule has 2 unspecified atom stereocenters. The van der Waals surface area contributed by atoms with Gasteiger partial charge in [-0.2, -0.15) is 5.01 Å². The zero-order chi connectivity index (χ0) is 18.4. The highest BCUT2D eigenvalue weighted by atomic mass is 15.4. The Labute approximate surface area is 153 Å². The molecule has 0 aromatic heterocycles. The first kappa shape index (κ1) is 19.6. The summed E-state index contributed by atoms with van der Waals surface area (Å²) < 4.78 is 0. The molecule has 136 valence electrons. The van der Waals surface area contributed by atoms with E-state index < -0.39 is 0 Å². The maximum absolute atomic E-state index is 4.54. The molecule has 1 aliphatic rings. The summed E-state index contributed by atoms with van der Waals surface area (Å²) in [5, 5.41) is 5.61. The van der Waals surface area contributed by atoms with Gasteiger partial charge in [0.1, 0.15) is 12.7 Å². The molecule has 1 saturated heterocycles. The first-order valence-electron chi connectivity index (χ1n) is 9.41. The number of hydrogen-bond acceptors (Lipinski definition) is 2. The first-order chi connectivity index (χ1) is 12.0. The van der Waals surface area contributed by atoms with Gasteiger partial charge < -0.3 is 0 Å². The molecule has 0 amide bonds. The van der Waals surface area contributed by atoms with Gasteiger partial charge in [-0.15, -0.1) is 0 Å². The average molecular weight is 341 g/mol. The van der Waals surface area contributed by atoms with Crippen molar-refractivity contribution < 1.29 is 5.01 Å². The standard InChI is InChI=1S/C22H33N3/c1-7-23-25(8-2)16-22(21-10-9-18(4)15-19(21)5)20(6)24-13-11-17(3)12-14-24/h7-10,15,20,22H,2-3,11-14,16H2,1,4-6H3/p+1/b23-7-/t20-,22?/m1/s1. The summed E-state index contributed by atoms with van der Waals surface area (Å²) in [5.74, 6) is 0.420. The molecular formula is C22H34N3+. The van der Waals surface area contributed by atoms with Crippen molar-refractivity contribution in [3.63, 3.8) is 0 Å². The quantitative estimate of drug-likeness (QED) is 0.458. The Morgan fingerprint density at radius 1 is 1.28 bits per heavy atom. The van der Waals surface area contributed by atoms with Gasteiger partial charge in [-0.3, -0.25) is 4.90 Å². The summed E-state index contributed by atoms with van der Waals surface area (Å²) in [5.41, 5.74) is 5.53. The average Bonchev–Trinajstić information content (AvgIpc) is 2.59. The van der Waals surface area contributed by atoms with Crippen molar-refractivity contribution in [1.29, 1.82) is 0 Å². The van der Waals surface area contributed by atoms with Crippen LogP contribution in [0.2, 0.25) is 0 Å². The highest BCUT2D eigenvalue weighted by molar-refractivity contribution is 5.51. The summed E-state index contributed by atoms with van der Waals surface area (Å²) >= 11 is 0. The second kappa shape index (κ2) is 9.12. The number of quaternary nitrogens is 1. The summed E-state index contributed by atoms with van der Waals surface area (Å²) in [4.78, 5) is 2.62. The topological polar surface area (TPSA) is 20.0 Å². The van der Waals surface area contributed by atoms with Gasteiger partial charge in [0.15, 0.2) is 0 Å². The van der Waals surface area contributed by atoms with E-state index in [0.717, 1.165) is 37.5 Å². The highest BCUT2D eigenvalue weighted by Gasteiger charge is 2.30. The number of aryl methyl sites for hydroxylation is 2. The van der Waals surface area contributed by atoms with Crippen LogP contribution in [-0.4, -0.2) is 36.8 Å². The molecule has 3 nitrogen and oxygen atoms in total. The molecule has 0 saturated carbocycles. The van der Waals surface area contributed by atoms with Gasteiger partial charge in [0.2, 0.25) is 0 Å². The van der Waals surface area contributed by atoms with Crippen LogP contribution in [0.3, 0.4) is 0 Å². The number of hydrogen-bond donors (Lipinski definition) is 1. The fourth-order valence-corrected chi connectivity index (χ4v) is 3.86. The van der Waals surface area contributed by atoms with Crippen LogP contribution in [0.5, 0.6) is 0 Å². The van der Waals surface area contributed by atoms with E-state index in [1.54, 1.807) is 0 Å². The second-order valence-corrected chi connectivity index (χ2v) is 7.28. The van der Waals surface area contributed by atoms with Gasteiger partial charge in [0, 0.05) is 19.1 Å². The smallest absolute Gasteiger partial charge is 0.114 e. The lowest BCUT2D eigenvalue weighted by Gasteiger charge is -2.38. The predicted molar refractivity (Wildman–Crippen MR) is 108 cm³/mol. The maximum atomic E-state index is 4.54. The Morgan fingerprint density at radius 3 is 2.52 bits per heavy atom. The molecule has 3 heteroatoms. The number of piperidine rings is 1. The Bertz CT molecular complexity index is 622. The number of benzene rings is 1. The lowest BCUT2D eigenvalue weighted by atomic mass is 9.86. The molecule has 1 fully saturated rings. The number of likely N-dealkylation sites (tertiary alicyclic amines) is 1. The van der Waals surface area contributed by atoms with E-state index >= 15 is 0 Å². The van der Waals surface area contributed by atoms with E-state index in [1.807, 2.05) is 19.3 Å². The molecule has 0 bridgehead atoms. The van der Waals surface area contributed by atoms with Gasteiger partial charge in [-0.25, -0.2) is 0 Å². The van der Waals surface area contributed by atoms with Crippen molar-refractivity contribution in [2.24, 2.45) is 5.10 Å². The summed E-state index contributed by atoms with van der Waals surface area (Å²) in [6.07, 6.45) is 6.01. The van der Waals surface area contributed by atoms with Crippen LogP contribution < -0.4 is 5.01 Å². The van der Waals surface area contributed by atoms with Crippen molar-refractivity contribution in [2.45, 2.75) is 52.5 Å². The zero-order valence-corrected chi connectivity index (χ0v) is 16.4. The fourth-order valence-electron chi connectivity index (χ4n) is 3.86. The van der Waals surface area contributed by atoms with Gasteiger partial charge >= 0.3 is 0 Å². The molecule has 0 radical (unpaired) electrons. The van der Waals surface area contributed by atoms with Crippen molar-refractivity contribution >= 4 is 6.21 Å². The van der Waals surface area contributed by atoms with Gasteiger partial charge in [-0.05, 0) is 58.2 Å². The summed E-state index contributed by atoms with van der Waals surface area (Å²) in [6, 6.07) is 7.31. The zero-order valence-electron chi connectivity index (χ0n) is 16.4. The van der Waals surface area contributed by atoms with Crippen molar-refractivity contribution in [1.82, 2.24) is 4.90 Å². The first-order valence-corrected chi connectivity index (χ1v) is 9.41. The minimum absolute atomic E-state index is 0.420. The van der Waals surface area contributed by atoms with Crippen LogP contribution >= 0.6 is 0 Å². The highest BCUT2D eigenvalue weighted by Crippen LogP contribution is 2.28. The molecule has 1 aliphatic heterocycles. The minimum Gasteiger partial charge on any atom is -0.299 e. The summed E-state index contributed by atoms with van der Waals surface area (Å²) in [7, 11) is 0. The van der Waals surface area contributed by atoms with Crippen LogP contribution in [0, 0.1) is 13.8 Å². The molecule has 1 heterocycles. The van der Waals surface area contributed by atoms with Gasteiger partial charge in [0.05, 0.1) is 12.1 Å². The molecule has 1 N–H and O–H groups in total. The van der Waals surface area contributed by atoms with Crippen LogP contribution in [0.4, 0.5) is 0 Å². The van der Waals surface area contributed by atoms with Crippen molar-refractivity contribution in [3.05, 3.63) is 59.8 Å². The molecule has 0 spiro atoms. The van der Waals surface area contributed by atoms with E-state index in [2.05, 4.69) is 62.1 Å². The number of nitrogens with one attached hydrogen (secondary N) is 1. The lowest BCUT2D eigenvalue weighted by Crippen LogP contribution is -3.03. The number of nitrogens with zero attached hydrogens (tertiary/aromatic N) is 2. The maximum Gasteiger partial charge on any atom is 0.114 e. The predicted octanol–water partition coefficient (Wildman–Crippen LogP) is 3.46. The van der Waals surface area contributed by atoms with Gasteiger partial charge in [0.25, 0.3) is 0 Å². The van der Waals surface area contributed by atoms with E-state index in [0.29, 0.717) is 12.0 Å². The molecular weight excluding hydrogens is 306 g/mol. The van der Waals surface area contributed by atoms with Crippen LogP contribution in [-0.2, 0) is 0 Å². The lowest BCUT2D eigenvalue weighted by molar-refractivity contribution is -0.855. The fraction of sp³-hybridized carbons (Fsp3) is 0.500. The normalized spacial score (nSPS) is 19.8. The third-order valence-electron chi connectivity index (χ3n) is 5.45. The third-order valence-corrected chi connectivity index (χ3v) is 5.45. The Balaban J connectivity index is 2.30. The van der Waals surface area contributed by atoms with Crippen LogP contribution in [0.15, 0.2) is 48.2 Å². The van der Waals surface area contributed by atoms with Crippen molar-refractivity contribution in [2.75, 3.05) is 19.6 Å². The van der Waals surface area contributed by atoms with Crippen LogP contribution in [0.25, 0.3) is 0 Å². The SMILES string of the molecule is C=C[NH+](CC(c1ccc(C)cc1C)[C@@H](C)N1CCC(=C)CC1)/N=C\C. The van der Waals surface area contributed by atoms with E-state index in [-0.39, 0.29) is 0 Å². The summed E-state index contributed by atoms with van der Waals surface area (Å²) in [6.45, 7) is 20.0. The molecule has 1 aromatic rings. The van der Waals surface area contributed by atoms with Gasteiger partial charge in [-0.1, -0.05) is 41.0 Å². The van der Waals surface area contributed by atoms with E-state index in [4.69, 9.17) is 0 Å². The monoisotopic (exact) mass is 340 g/mol. The Hall–Kier alpha value is -1.71. The molecule has 3 atom stereocenters. The van der Waals surface area contributed by atoms with Crippen molar-refractivity contribution in [3.8, 4) is 0 Å². The molecule has 25 heavy (non-hydrogen) atoms. The Kier molecular flexibility index (Phi) is 7.15. The van der Waals surface area contributed by atoms with E-state index in [9.17, 15) is 0 Å².